The van der Waals surface area contributed by atoms with Crippen molar-refractivity contribution in [2.75, 3.05) is 26.4 Å². The van der Waals surface area contributed by atoms with Gasteiger partial charge in [0.25, 0.3) is 0 Å². The van der Waals surface area contributed by atoms with Gasteiger partial charge in [0.2, 0.25) is 5.88 Å². The van der Waals surface area contributed by atoms with Crippen LogP contribution in [-0.2, 0) is 16.1 Å². The molecule has 3 heterocycles. The van der Waals surface area contributed by atoms with Crippen LogP contribution in [0.15, 0.2) is 30.6 Å². The van der Waals surface area contributed by atoms with E-state index in [1.165, 1.54) is 0 Å². The summed E-state index contributed by atoms with van der Waals surface area (Å²) >= 11 is 0. The summed E-state index contributed by atoms with van der Waals surface area (Å²) in [6.07, 6.45) is 3.20. The molecule has 1 aliphatic rings. The Hall–Kier alpha value is -2.09. The van der Waals surface area contributed by atoms with Gasteiger partial charge in [-0.1, -0.05) is 0 Å². The normalized spacial score (nSPS) is 18.1. The SMILES string of the molecule is OCc1ccnc(-c2ccc(OC[C@@H]3COCCO3)nc2)n1. The molecule has 0 bridgehead atoms. The van der Waals surface area contributed by atoms with Crippen LogP contribution in [0.25, 0.3) is 11.4 Å². The standard InChI is InChI=1S/C15H17N3O4/c19-8-12-3-4-16-15(18-12)11-1-2-14(17-7-11)22-10-13-9-20-5-6-21-13/h1-4,7,13,19H,5-6,8-10H2/t13-/m0/s1. The number of nitrogens with zero attached hydrogens (tertiary/aromatic N) is 3. The topological polar surface area (TPSA) is 86.6 Å². The zero-order valence-corrected chi connectivity index (χ0v) is 12.0. The van der Waals surface area contributed by atoms with Crippen molar-refractivity contribution in [3.63, 3.8) is 0 Å². The van der Waals surface area contributed by atoms with E-state index >= 15 is 0 Å². The number of pyridine rings is 1. The highest BCUT2D eigenvalue weighted by Crippen LogP contribution is 2.17. The molecule has 1 N–H and O–H groups in total. The summed E-state index contributed by atoms with van der Waals surface area (Å²) in [7, 11) is 0. The monoisotopic (exact) mass is 303 g/mol. The average molecular weight is 303 g/mol. The van der Waals surface area contributed by atoms with E-state index in [-0.39, 0.29) is 12.7 Å². The van der Waals surface area contributed by atoms with E-state index in [1.54, 1.807) is 24.5 Å². The Kier molecular flexibility index (Phi) is 4.89. The first kappa shape index (κ1) is 14.8. The number of aliphatic hydroxyl groups excluding tert-OH is 1. The Morgan fingerprint density at radius 3 is 2.91 bits per heavy atom. The quantitative estimate of drug-likeness (QED) is 0.875. The molecule has 1 fully saturated rings. The van der Waals surface area contributed by atoms with Gasteiger partial charge in [-0.25, -0.2) is 15.0 Å². The second-order valence-electron chi connectivity index (χ2n) is 4.79. The van der Waals surface area contributed by atoms with Crippen LogP contribution in [0.5, 0.6) is 5.88 Å². The Labute approximate surface area is 127 Å². The first-order valence-corrected chi connectivity index (χ1v) is 7.06. The summed E-state index contributed by atoms with van der Waals surface area (Å²) < 4.78 is 16.4. The second kappa shape index (κ2) is 7.26. The molecule has 1 aliphatic heterocycles. The summed E-state index contributed by atoms with van der Waals surface area (Å²) in [5.41, 5.74) is 1.33. The average Bonchev–Trinajstić information content (AvgIpc) is 2.61. The van der Waals surface area contributed by atoms with E-state index in [9.17, 15) is 0 Å². The number of aromatic nitrogens is 3. The molecule has 0 amide bonds. The molecule has 1 saturated heterocycles. The molecular formula is C15H17N3O4. The van der Waals surface area contributed by atoms with Crippen molar-refractivity contribution >= 4 is 0 Å². The molecule has 22 heavy (non-hydrogen) atoms. The molecular weight excluding hydrogens is 286 g/mol. The smallest absolute Gasteiger partial charge is 0.213 e. The van der Waals surface area contributed by atoms with Crippen LogP contribution in [-0.4, -0.2) is 52.6 Å². The third-order valence-corrected chi connectivity index (χ3v) is 3.17. The van der Waals surface area contributed by atoms with Crippen LogP contribution < -0.4 is 4.74 Å². The van der Waals surface area contributed by atoms with Crippen LogP contribution in [0.3, 0.4) is 0 Å². The van der Waals surface area contributed by atoms with Crippen molar-refractivity contribution < 1.29 is 19.3 Å². The van der Waals surface area contributed by atoms with Gasteiger partial charge >= 0.3 is 0 Å². The fourth-order valence-electron chi connectivity index (χ4n) is 2.03. The molecule has 0 unspecified atom stereocenters. The molecule has 2 aromatic heterocycles. The van der Waals surface area contributed by atoms with Crippen LogP contribution in [0, 0.1) is 0 Å². The predicted molar refractivity (Wildman–Crippen MR) is 77.2 cm³/mol. The van der Waals surface area contributed by atoms with Crippen molar-refractivity contribution in [2.24, 2.45) is 0 Å². The van der Waals surface area contributed by atoms with Crippen LogP contribution in [0.2, 0.25) is 0 Å². The number of aliphatic hydroxyl groups is 1. The summed E-state index contributed by atoms with van der Waals surface area (Å²) in [5.74, 6) is 1.03. The zero-order valence-electron chi connectivity index (χ0n) is 12.0. The van der Waals surface area contributed by atoms with Gasteiger partial charge in [0.1, 0.15) is 12.7 Å². The lowest BCUT2D eigenvalue weighted by Crippen LogP contribution is -2.33. The third-order valence-electron chi connectivity index (χ3n) is 3.17. The maximum absolute atomic E-state index is 9.10. The summed E-state index contributed by atoms with van der Waals surface area (Å²) in [4.78, 5) is 12.6. The molecule has 116 valence electrons. The Morgan fingerprint density at radius 1 is 1.23 bits per heavy atom. The van der Waals surface area contributed by atoms with Gasteiger partial charge in [-0.2, -0.15) is 0 Å². The highest BCUT2D eigenvalue weighted by atomic mass is 16.6. The van der Waals surface area contributed by atoms with Crippen molar-refractivity contribution in [3.05, 3.63) is 36.3 Å². The molecule has 7 heteroatoms. The maximum atomic E-state index is 9.10. The number of hydrogen-bond acceptors (Lipinski definition) is 7. The van der Waals surface area contributed by atoms with Crippen molar-refractivity contribution in [3.8, 4) is 17.3 Å². The lowest BCUT2D eigenvalue weighted by molar-refractivity contribution is -0.102. The molecule has 3 rings (SSSR count). The van der Waals surface area contributed by atoms with Gasteiger partial charge < -0.3 is 19.3 Å². The van der Waals surface area contributed by atoms with Crippen LogP contribution in [0.1, 0.15) is 5.69 Å². The Balaban J connectivity index is 1.61. The lowest BCUT2D eigenvalue weighted by Gasteiger charge is -2.22. The van der Waals surface area contributed by atoms with Gasteiger partial charge in [0.15, 0.2) is 5.82 Å². The highest BCUT2D eigenvalue weighted by molar-refractivity contribution is 5.53. The van der Waals surface area contributed by atoms with Crippen molar-refractivity contribution in [2.45, 2.75) is 12.7 Å². The number of hydrogen-bond donors (Lipinski definition) is 1. The first-order valence-electron chi connectivity index (χ1n) is 7.06. The Bertz CT molecular complexity index is 600. The second-order valence-corrected chi connectivity index (χ2v) is 4.79. The molecule has 0 spiro atoms. The van der Waals surface area contributed by atoms with E-state index < -0.39 is 0 Å². The third kappa shape index (κ3) is 3.76. The first-order chi connectivity index (χ1) is 10.8. The van der Waals surface area contributed by atoms with E-state index in [0.29, 0.717) is 43.8 Å². The van der Waals surface area contributed by atoms with E-state index in [1.807, 2.05) is 6.07 Å². The van der Waals surface area contributed by atoms with Crippen molar-refractivity contribution in [1.29, 1.82) is 0 Å². The fourth-order valence-corrected chi connectivity index (χ4v) is 2.03. The lowest BCUT2D eigenvalue weighted by atomic mass is 10.2. The maximum Gasteiger partial charge on any atom is 0.213 e. The van der Waals surface area contributed by atoms with Gasteiger partial charge in [0, 0.05) is 24.0 Å². The van der Waals surface area contributed by atoms with E-state index in [2.05, 4.69) is 15.0 Å². The van der Waals surface area contributed by atoms with Gasteiger partial charge in [-0.05, 0) is 12.1 Å². The van der Waals surface area contributed by atoms with Crippen LogP contribution in [0.4, 0.5) is 0 Å². The molecule has 0 aliphatic carbocycles. The minimum Gasteiger partial charge on any atom is -0.475 e. The minimum absolute atomic E-state index is 0.0557. The van der Waals surface area contributed by atoms with Gasteiger partial charge in [-0.15, -0.1) is 0 Å². The van der Waals surface area contributed by atoms with Crippen molar-refractivity contribution in [1.82, 2.24) is 15.0 Å². The molecule has 0 saturated carbocycles. The number of rotatable bonds is 5. The molecule has 7 nitrogen and oxygen atoms in total. The number of ether oxygens (including phenoxy) is 3. The molecule has 1 atom stereocenters. The predicted octanol–water partition coefficient (Wildman–Crippen LogP) is 0.825. The molecule has 2 aromatic rings. The van der Waals surface area contributed by atoms with Gasteiger partial charge in [-0.3, -0.25) is 0 Å². The summed E-state index contributed by atoms with van der Waals surface area (Å²) in [6.45, 7) is 2.06. The minimum atomic E-state index is -0.117. The fraction of sp³-hybridized carbons (Fsp3) is 0.400. The summed E-state index contributed by atoms with van der Waals surface area (Å²) in [6, 6.07) is 5.26. The zero-order chi connectivity index (χ0) is 15.2. The highest BCUT2D eigenvalue weighted by Gasteiger charge is 2.15. The van der Waals surface area contributed by atoms with Gasteiger partial charge in [0.05, 0.1) is 32.1 Å². The van der Waals surface area contributed by atoms with E-state index in [4.69, 9.17) is 19.3 Å². The Morgan fingerprint density at radius 2 is 2.18 bits per heavy atom. The summed E-state index contributed by atoms with van der Waals surface area (Å²) in [5, 5.41) is 9.10. The molecule has 0 radical (unpaired) electrons. The van der Waals surface area contributed by atoms with E-state index in [0.717, 1.165) is 5.56 Å². The molecule has 0 aromatic carbocycles. The largest absolute Gasteiger partial charge is 0.475 e. The van der Waals surface area contributed by atoms with Crippen LogP contribution >= 0.6 is 0 Å².